The predicted molar refractivity (Wildman–Crippen MR) is 56.1 cm³/mol. The van der Waals surface area contributed by atoms with Gasteiger partial charge in [0.1, 0.15) is 0 Å². The molecule has 0 spiro atoms. The highest BCUT2D eigenvalue weighted by molar-refractivity contribution is 5.90. The van der Waals surface area contributed by atoms with Gasteiger partial charge in [-0.15, -0.1) is 0 Å². The van der Waals surface area contributed by atoms with Crippen molar-refractivity contribution in [3.63, 3.8) is 0 Å². The smallest absolute Gasteiger partial charge is 0.335 e. The molecule has 0 saturated heterocycles. The largest absolute Gasteiger partial charge is 0.478 e. The van der Waals surface area contributed by atoms with Crippen LogP contribution in [-0.4, -0.2) is 17.0 Å². The van der Waals surface area contributed by atoms with E-state index in [-0.39, 0.29) is 0 Å². The van der Waals surface area contributed by atoms with Gasteiger partial charge in [-0.2, -0.15) is 0 Å². The van der Waals surface area contributed by atoms with E-state index in [2.05, 4.69) is 11.7 Å². The van der Waals surface area contributed by atoms with Gasteiger partial charge < -0.3 is 9.84 Å². The van der Waals surface area contributed by atoms with Crippen molar-refractivity contribution in [3.8, 4) is 0 Å². The number of carboxylic acids is 1. The Balaban J connectivity index is 3.57. The monoisotopic (exact) mass is 212 g/mol. The molecule has 0 aromatic rings. The predicted octanol–water partition coefficient (Wildman–Crippen LogP) is 2.26. The first-order chi connectivity index (χ1) is 7.16. The lowest BCUT2D eigenvalue weighted by molar-refractivity contribution is -0.134. The molecule has 4 nitrogen and oxygen atoms in total. The fraction of sp³-hybridized carbons (Fsp3) is 0.455. The van der Waals surface area contributed by atoms with E-state index in [1.54, 1.807) is 6.08 Å². The number of carboxylic acid groups (broad SMARTS) is 1. The van der Waals surface area contributed by atoms with Gasteiger partial charge in [0.2, 0.25) is 0 Å². The van der Waals surface area contributed by atoms with Crippen LogP contribution in [0.2, 0.25) is 0 Å². The lowest BCUT2D eigenvalue weighted by Gasteiger charge is -1.93. The molecule has 0 aliphatic heterocycles. The highest BCUT2D eigenvalue weighted by Crippen LogP contribution is 1.99. The maximum Gasteiger partial charge on any atom is 0.335 e. The topological polar surface area (TPSA) is 63.6 Å². The number of hydrogen-bond donors (Lipinski definition) is 1. The molecule has 0 saturated carbocycles. The number of ether oxygens (including phenoxy) is 1. The zero-order chi connectivity index (χ0) is 11.5. The number of carbonyl (C=O) groups is 2. The van der Waals surface area contributed by atoms with Crippen LogP contribution in [0.15, 0.2) is 24.5 Å². The number of carbonyl (C=O) groups excluding carboxylic acids is 1. The quantitative estimate of drug-likeness (QED) is 0.304. The van der Waals surface area contributed by atoms with E-state index in [0.717, 1.165) is 37.8 Å². The molecule has 1 N–H and O–H groups in total. The van der Waals surface area contributed by atoms with Crippen LogP contribution in [0, 0.1) is 0 Å². The Hall–Kier alpha value is -1.58. The van der Waals surface area contributed by atoms with Gasteiger partial charge >= 0.3 is 11.9 Å². The Labute approximate surface area is 89.2 Å². The first kappa shape index (κ1) is 13.4. The minimum Gasteiger partial charge on any atom is -0.478 e. The Morgan fingerprint density at radius 3 is 2.60 bits per heavy atom. The minimum absolute atomic E-state index is 0.677. The molecular formula is C11H16O4. The molecule has 15 heavy (non-hydrogen) atoms. The third-order valence-electron chi connectivity index (χ3n) is 1.62. The lowest BCUT2D eigenvalue weighted by atomic mass is 10.2. The molecule has 0 atom stereocenters. The average Bonchev–Trinajstić information content (AvgIpc) is 2.20. The third-order valence-corrected chi connectivity index (χ3v) is 1.62. The number of unbranched alkanes of at least 4 members (excludes halogenated alkanes) is 3. The maximum atomic E-state index is 10.8. The second-order valence-corrected chi connectivity index (χ2v) is 2.98. The van der Waals surface area contributed by atoms with Gasteiger partial charge in [0, 0.05) is 12.2 Å². The molecule has 0 bridgehead atoms. The molecule has 0 aromatic carbocycles. The van der Waals surface area contributed by atoms with Gasteiger partial charge in [0.15, 0.2) is 0 Å². The molecule has 84 valence electrons. The molecule has 0 heterocycles. The summed E-state index contributed by atoms with van der Waals surface area (Å²) in [5, 5.41) is 8.22. The van der Waals surface area contributed by atoms with E-state index >= 15 is 0 Å². The highest BCUT2D eigenvalue weighted by Gasteiger charge is 1.94. The van der Waals surface area contributed by atoms with Crippen LogP contribution >= 0.6 is 0 Å². The summed E-state index contributed by atoms with van der Waals surface area (Å²) in [5.74, 6) is -1.84. The summed E-state index contributed by atoms with van der Waals surface area (Å²) in [7, 11) is 0. The molecule has 4 heteroatoms. The maximum absolute atomic E-state index is 10.8. The van der Waals surface area contributed by atoms with Crippen LogP contribution < -0.4 is 0 Å². The van der Waals surface area contributed by atoms with Crippen molar-refractivity contribution < 1.29 is 19.4 Å². The summed E-state index contributed by atoms with van der Waals surface area (Å²) in [5.41, 5.74) is 0. The van der Waals surface area contributed by atoms with Gasteiger partial charge in [-0.05, 0) is 18.9 Å². The first-order valence-electron chi connectivity index (χ1n) is 4.93. The third kappa shape index (κ3) is 10.3. The van der Waals surface area contributed by atoms with E-state index in [0.29, 0.717) is 0 Å². The summed E-state index contributed by atoms with van der Waals surface area (Å²) < 4.78 is 4.60. The molecule has 0 amide bonds. The standard InChI is InChI=1S/C11H16O4/c1-2-3-4-5-6-9-15-11(14)8-7-10(12)13/h6-9H,2-5H2,1H3,(H,12,13)/b8-7-,9-6?. The van der Waals surface area contributed by atoms with E-state index in [1.165, 1.54) is 6.26 Å². The number of allylic oxidation sites excluding steroid dienone is 1. The Morgan fingerprint density at radius 2 is 2.00 bits per heavy atom. The highest BCUT2D eigenvalue weighted by atomic mass is 16.5. The molecule has 0 aliphatic carbocycles. The summed E-state index contributed by atoms with van der Waals surface area (Å²) in [6.45, 7) is 2.11. The van der Waals surface area contributed by atoms with Crippen molar-refractivity contribution in [1.29, 1.82) is 0 Å². The minimum atomic E-state index is -1.17. The van der Waals surface area contributed by atoms with Gasteiger partial charge in [-0.25, -0.2) is 9.59 Å². The van der Waals surface area contributed by atoms with Gasteiger partial charge in [0.25, 0.3) is 0 Å². The van der Waals surface area contributed by atoms with Crippen molar-refractivity contribution in [1.82, 2.24) is 0 Å². The molecule has 0 aliphatic rings. The van der Waals surface area contributed by atoms with E-state index in [1.807, 2.05) is 0 Å². The molecule has 0 unspecified atom stereocenters. The fourth-order valence-corrected chi connectivity index (χ4v) is 0.874. The van der Waals surface area contributed by atoms with Gasteiger partial charge in [0.05, 0.1) is 6.26 Å². The number of rotatable bonds is 7. The van der Waals surface area contributed by atoms with Crippen molar-refractivity contribution in [3.05, 3.63) is 24.5 Å². The van der Waals surface area contributed by atoms with Crippen LogP contribution in [0.4, 0.5) is 0 Å². The second-order valence-electron chi connectivity index (χ2n) is 2.98. The normalized spacial score (nSPS) is 11.0. The SMILES string of the molecule is CCCCCC=COC(=O)/C=C\C(=O)O. The zero-order valence-electron chi connectivity index (χ0n) is 8.81. The molecule has 0 aromatic heterocycles. The van der Waals surface area contributed by atoms with E-state index in [4.69, 9.17) is 5.11 Å². The second kappa shape index (κ2) is 8.99. The van der Waals surface area contributed by atoms with Crippen LogP contribution in [-0.2, 0) is 14.3 Å². The van der Waals surface area contributed by atoms with Crippen LogP contribution in [0.5, 0.6) is 0 Å². The fourth-order valence-electron chi connectivity index (χ4n) is 0.874. The average molecular weight is 212 g/mol. The van der Waals surface area contributed by atoms with E-state index < -0.39 is 11.9 Å². The molecule has 0 radical (unpaired) electrons. The number of esters is 1. The molecule has 0 rings (SSSR count). The van der Waals surface area contributed by atoms with Crippen LogP contribution in [0.1, 0.15) is 32.6 Å². The Morgan fingerprint density at radius 1 is 1.27 bits per heavy atom. The first-order valence-corrected chi connectivity index (χ1v) is 4.93. The van der Waals surface area contributed by atoms with Crippen molar-refractivity contribution in [2.45, 2.75) is 32.6 Å². The Kier molecular flexibility index (Phi) is 8.05. The lowest BCUT2D eigenvalue weighted by Crippen LogP contribution is -1.96. The summed E-state index contributed by atoms with van der Waals surface area (Å²) >= 11 is 0. The van der Waals surface area contributed by atoms with Gasteiger partial charge in [-0.3, -0.25) is 0 Å². The molecule has 0 fully saturated rings. The van der Waals surface area contributed by atoms with E-state index in [9.17, 15) is 9.59 Å². The summed E-state index contributed by atoms with van der Waals surface area (Å²) in [4.78, 5) is 20.9. The zero-order valence-corrected chi connectivity index (χ0v) is 8.81. The van der Waals surface area contributed by atoms with Crippen LogP contribution in [0.25, 0.3) is 0 Å². The van der Waals surface area contributed by atoms with Crippen LogP contribution in [0.3, 0.4) is 0 Å². The summed E-state index contributed by atoms with van der Waals surface area (Å²) in [6.07, 6.45) is 8.89. The molecular weight excluding hydrogens is 196 g/mol. The summed E-state index contributed by atoms with van der Waals surface area (Å²) in [6, 6.07) is 0. The Bertz CT molecular complexity index is 253. The number of aliphatic carboxylic acids is 1. The number of hydrogen-bond acceptors (Lipinski definition) is 3. The van der Waals surface area contributed by atoms with Crippen molar-refractivity contribution in [2.75, 3.05) is 0 Å². The van der Waals surface area contributed by atoms with Crippen molar-refractivity contribution in [2.24, 2.45) is 0 Å². The van der Waals surface area contributed by atoms with Gasteiger partial charge in [-0.1, -0.05) is 19.8 Å². The van der Waals surface area contributed by atoms with Crippen molar-refractivity contribution >= 4 is 11.9 Å².